The van der Waals surface area contributed by atoms with Gasteiger partial charge in [0.05, 0.1) is 22.9 Å². The molecule has 1 aliphatic rings. The molecule has 4 heterocycles. The molecule has 0 aliphatic carbocycles. The van der Waals surface area contributed by atoms with Gasteiger partial charge in [0.1, 0.15) is 5.76 Å². The standard InChI is InChI=1S/C22H21N5O3/c1-13-17(14(2)26(3)25-13)20(28)18-19(16-7-5-9-24-11-16)27(22(30)21(18)29)12-15-6-4-8-23-10-15/h4-11,19,28H,12H2,1-3H3. The maximum atomic E-state index is 13.1. The molecule has 1 N–H and O–H groups in total. The summed E-state index contributed by atoms with van der Waals surface area (Å²) >= 11 is 0. The number of likely N-dealkylation sites (tertiary alicyclic amines) is 1. The molecule has 1 aliphatic heterocycles. The molecule has 1 unspecified atom stereocenters. The van der Waals surface area contributed by atoms with E-state index in [0.717, 1.165) is 5.56 Å². The first-order valence-corrected chi connectivity index (χ1v) is 9.48. The van der Waals surface area contributed by atoms with Crippen molar-refractivity contribution in [3.05, 3.63) is 82.7 Å². The van der Waals surface area contributed by atoms with Crippen LogP contribution in [0.5, 0.6) is 0 Å². The first-order valence-electron chi connectivity index (χ1n) is 9.48. The van der Waals surface area contributed by atoms with Crippen LogP contribution < -0.4 is 0 Å². The topological polar surface area (TPSA) is 101 Å². The van der Waals surface area contributed by atoms with Crippen molar-refractivity contribution in [2.24, 2.45) is 7.05 Å². The maximum Gasteiger partial charge on any atom is 0.295 e. The number of carbonyl (C=O) groups excluding carboxylic acids is 2. The fourth-order valence-electron chi connectivity index (χ4n) is 3.87. The first kappa shape index (κ1) is 19.5. The summed E-state index contributed by atoms with van der Waals surface area (Å²) in [5.74, 6) is -1.62. The lowest BCUT2D eigenvalue weighted by molar-refractivity contribution is -0.140. The Morgan fingerprint density at radius 3 is 2.37 bits per heavy atom. The molecule has 30 heavy (non-hydrogen) atoms. The van der Waals surface area contributed by atoms with Crippen LogP contribution in [-0.4, -0.2) is 41.4 Å². The lowest BCUT2D eigenvalue weighted by Gasteiger charge is -2.25. The van der Waals surface area contributed by atoms with Crippen molar-refractivity contribution < 1.29 is 14.7 Å². The van der Waals surface area contributed by atoms with Crippen molar-refractivity contribution in [3.8, 4) is 0 Å². The fourth-order valence-corrected chi connectivity index (χ4v) is 3.87. The molecule has 8 nitrogen and oxygen atoms in total. The van der Waals surface area contributed by atoms with E-state index in [1.54, 1.807) is 68.6 Å². The van der Waals surface area contributed by atoms with Crippen LogP contribution >= 0.6 is 0 Å². The molecule has 1 fully saturated rings. The third kappa shape index (κ3) is 3.16. The van der Waals surface area contributed by atoms with Crippen LogP contribution in [-0.2, 0) is 23.2 Å². The van der Waals surface area contributed by atoms with E-state index in [0.29, 0.717) is 22.5 Å². The number of aliphatic hydroxyl groups is 1. The average molecular weight is 403 g/mol. The molecule has 4 rings (SSSR count). The number of aliphatic hydroxyl groups excluding tert-OH is 1. The van der Waals surface area contributed by atoms with Gasteiger partial charge in [-0.15, -0.1) is 0 Å². The summed E-state index contributed by atoms with van der Waals surface area (Å²) < 4.78 is 1.63. The number of rotatable bonds is 4. The Balaban J connectivity index is 1.90. The van der Waals surface area contributed by atoms with Crippen molar-refractivity contribution in [3.63, 3.8) is 0 Å². The summed E-state index contributed by atoms with van der Waals surface area (Å²) in [6, 6.07) is 6.36. The first-order chi connectivity index (χ1) is 14.4. The predicted molar refractivity (Wildman–Crippen MR) is 109 cm³/mol. The average Bonchev–Trinajstić information content (AvgIpc) is 3.15. The van der Waals surface area contributed by atoms with E-state index in [1.807, 2.05) is 6.07 Å². The number of ketones is 1. The number of carbonyl (C=O) groups is 2. The van der Waals surface area contributed by atoms with Gasteiger partial charge in [0.15, 0.2) is 0 Å². The molecule has 0 saturated carbocycles. The van der Waals surface area contributed by atoms with E-state index in [2.05, 4.69) is 15.1 Å². The van der Waals surface area contributed by atoms with Crippen LogP contribution in [0.2, 0.25) is 0 Å². The molecular weight excluding hydrogens is 382 g/mol. The largest absolute Gasteiger partial charge is 0.507 e. The Morgan fingerprint density at radius 2 is 1.80 bits per heavy atom. The van der Waals surface area contributed by atoms with Crippen LogP contribution in [0.1, 0.15) is 34.1 Å². The predicted octanol–water partition coefficient (Wildman–Crippen LogP) is 2.45. The zero-order valence-electron chi connectivity index (χ0n) is 16.9. The van der Waals surface area contributed by atoms with Crippen molar-refractivity contribution in [1.29, 1.82) is 0 Å². The Bertz CT molecular complexity index is 1150. The van der Waals surface area contributed by atoms with E-state index in [9.17, 15) is 14.7 Å². The number of aromatic nitrogens is 4. The zero-order valence-corrected chi connectivity index (χ0v) is 16.9. The van der Waals surface area contributed by atoms with Crippen LogP contribution in [0.25, 0.3) is 5.76 Å². The Labute approximate surface area is 173 Å². The lowest BCUT2D eigenvalue weighted by atomic mass is 9.95. The molecule has 0 radical (unpaired) electrons. The smallest absolute Gasteiger partial charge is 0.295 e. The van der Waals surface area contributed by atoms with Crippen molar-refractivity contribution in [2.45, 2.75) is 26.4 Å². The zero-order chi connectivity index (χ0) is 21.4. The van der Waals surface area contributed by atoms with Gasteiger partial charge < -0.3 is 10.0 Å². The maximum absolute atomic E-state index is 13.1. The highest BCUT2D eigenvalue weighted by Crippen LogP contribution is 2.40. The van der Waals surface area contributed by atoms with E-state index in [1.165, 1.54) is 4.90 Å². The Kier molecular flexibility index (Phi) is 4.91. The molecule has 152 valence electrons. The Morgan fingerprint density at radius 1 is 1.10 bits per heavy atom. The number of amides is 1. The Hall–Kier alpha value is -3.81. The van der Waals surface area contributed by atoms with E-state index in [4.69, 9.17) is 0 Å². The molecule has 0 spiro atoms. The lowest BCUT2D eigenvalue weighted by Crippen LogP contribution is -2.29. The summed E-state index contributed by atoms with van der Waals surface area (Å²) in [5.41, 5.74) is 3.20. The van der Waals surface area contributed by atoms with Crippen molar-refractivity contribution in [1.82, 2.24) is 24.6 Å². The van der Waals surface area contributed by atoms with Crippen LogP contribution in [0, 0.1) is 13.8 Å². The van der Waals surface area contributed by atoms with Crippen LogP contribution in [0.3, 0.4) is 0 Å². The van der Waals surface area contributed by atoms with E-state index in [-0.39, 0.29) is 17.9 Å². The molecule has 1 amide bonds. The molecule has 3 aromatic heterocycles. The van der Waals surface area contributed by atoms with Gasteiger partial charge in [-0.1, -0.05) is 12.1 Å². The summed E-state index contributed by atoms with van der Waals surface area (Å²) in [5, 5.41) is 15.5. The van der Waals surface area contributed by atoms with Gasteiger partial charge >= 0.3 is 0 Å². The number of nitrogens with zero attached hydrogens (tertiary/aromatic N) is 5. The number of hydrogen-bond donors (Lipinski definition) is 1. The molecule has 3 aromatic rings. The minimum absolute atomic E-state index is 0.0380. The van der Waals surface area contributed by atoms with Gasteiger partial charge in [-0.3, -0.25) is 24.2 Å². The molecule has 0 aromatic carbocycles. The normalized spacial score (nSPS) is 18.2. The van der Waals surface area contributed by atoms with Gasteiger partial charge in [-0.25, -0.2) is 0 Å². The second kappa shape index (κ2) is 7.55. The number of aryl methyl sites for hydroxylation is 2. The molecule has 0 bridgehead atoms. The van der Waals surface area contributed by atoms with Crippen LogP contribution in [0.15, 0.2) is 54.6 Å². The summed E-state index contributed by atoms with van der Waals surface area (Å²) in [6.07, 6.45) is 6.51. The quantitative estimate of drug-likeness (QED) is 0.408. The van der Waals surface area contributed by atoms with Crippen molar-refractivity contribution in [2.75, 3.05) is 0 Å². The van der Waals surface area contributed by atoms with E-state index >= 15 is 0 Å². The van der Waals surface area contributed by atoms with Gasteiger partial charge in [0.25, 0.3) is 11.7 Å². The minimum Gasteiger partial charge on any atom is -0.507 e. The summed E-state index contributed by atoms with van der Waals surface area (Å²) in [4.78, 5) is 35.7. The fraction of sp³-hybridized carbons (Fsp3) is 0.227. The highest BCUT2D eigenvalue weighted by molar-refractivity contribution is 6.46. The minimum atomic E-state index is -0.766. The number of hydrogen-bond acceptors (Lipinski definition) is 6. The third-order valence-electron chi connectivity index (χ3n) is 5.36. The highest BCUT2D eigenvalue weighted by Gasteiger charge is 2.46. The van der Waals surface area contributed by atoms with Crippen LogP contribution in [0.4, 0.5) is 0 Å². The highest BCUT2D eigenvalue weighted by atomic mass is 16.3. The van der Waals surface area contributed by atoms with Gasteiger partial charge in [0, 0.05) is 44.1 Å². The van der Waals surface area contributed by atoms with Gasteiger partial charge in [-0.2, -0.15) is 5.10 Å². The number of Topliss-reactive ketones (excluding diaryl/α,β-unsaturated/α-hetero) is 1. The summed E-state index contributed by atoms with van der Waals surface area (Å²) in [6.45, 7) is 3.74. The molecular formula is C22H21N5O3. The van der Waals surface area contributed by atoms with E-state index < -0.39 is 17.7 Å². The molecule has 1 saturated heterocycles. The molecule has 1 atom stereocenters. The van der Waals surface area contributed by atoms with Crippen molar-refractivity contribution >= 4 is 17.4 Å². The number of pyridine rings is 2. The van der Waals surface area contributed by atoms with Gasteiger partial charge in [-0.05, 0) is 37.1 Å². The van der Waals surface area contributed by atoms with Gasteiger partial charge in [0.2, 0.25) is 0 Å². The second-order valence-electron chi connectivity index (χ2n) is 7.24. The second-order valence-corrected chi connectivity index (χ2v) is 7.24. The third-order valence-corrected chi connectivity index (χ3v) is 5.36. The SMILES string of the molecule is Cc1nn(C)c(C)c1C(O)=C1C(=O)C(=O)N(Cc2cccnc2)C1c1cccnc1. The summed E-state index contributed by atoms with van der Waals surface area (Å²) in [7, 11) is 1.76. The monoisotopic (exact) mass is 403 g/mol. The molecule has 8 heteroatoms.